The molecule has 0 N–H and O–H groups in total. The van der Waals surface area contributed by atoms with Gasteiger partial charge < -0.3 is 4.90 Å². The standard InChI is InChI=1S/C12H9Cl2N3O3S/c1-16(6-7-2-3-9(13)21-7)12(18)8-4-5-15-11(14)10(8)17(19)20/h2-5H,6H2,1H3. The highest BCUT2D eigenvalue weighted by molar-refractivity contribution is 7.16. The Hall–Kier alpha value is -1.70. The van der Waals surface area contributed by atoms with Crippen molar-refractivity contribution in [1.29, 1.82) is 0 Å². The van der Waals surface area contributed by atoms with Crippen molar-refractivity contribution in [3.05, 3.63) is 54.4 Å². The third kappa shape index (κ3) is 3.49. The molecule has 1 amide bonds. The molecule has 0 saturated carbocycles. The van der Waals surface area contributed by atoms with Crippen LogP contribution in [0.25, 0.3) is 0 Å². The second kappa shape index (κ2) is 6.38. The molecule has 2 aromatic heterocycles. The van der Waals surface area contributed by atoms with Crippen LogP contribution < -0.4 is 0 Å². The van der Waals surface area contributed by atoms with Crippen LogP contribution in [0.1, 0.15) is 15.2 Å². The SMILES string of the molecule is CN(Cc1ccc(Cl)s1)C(=O)c1ccnc(Cl)c1[N+](=O)[O-]. The number of carbonyl (C=O) groups is 1. The largest absolute Gasteiger partial charge is 0.336 e. The molecule has 0 aliphatic rings. The highest BCUT2D eigenvalue weighted by atomic mass is 35.5. The smallest absolute Gasteiger partial charge is 0.319 e. The van der Waals surface area contributed by atoms with E-state index in [0.717, 1.165) is 4.88 Å². The number of nitro groups is 1. The fourth-order valence-electron chi connectivity index (χ4n) is 1.72. The lowest BCUT2D eigenvalue weighted by molar-refractivity contribution is -0.385. The van der Waals surface area contributed by atoms with Crippen molar-refractivity contribution in [2.24, 2.45) is 0 Å². The van der Waals surface area contributed by atoms with Gasteiger partial charge in [-0.2, -0.15) is 0 Å². The van der Waals surface area contributed by atoms with Gasteiger partial charge in [-0.1, -0.05) is 23.2 Å². The van der Waals surface area contributed by atoms with Crippen LogP contribution >= 0.6 is 34.5 Å². The molecule has 0 aliphatic heterocycles. The molecule has 0 fully saturated rings. The van der Waals surface area contributed by atoms with Gasteiger partial charge in [0.25, 0.3) is 5.91 Å². The molecule has 0 aromatic carbocycles. The minimum Gasteiger partial charge on any atom is -0.336 e. The van der Waals surface area contributed by atoms with E-state index in [1.54, 1.807) is 19.2 Å². The normalized spacial score (nSPS) is 10.4. The van der Waals surface area contributed by atoms with E-state index in [4.69, 9.17) is 23.2 Å². The Morgan fingerprint density at radius 3 is 2.71 bits per heavy atom. The maximum absolute atomic E-state index is 12.3. The first-order valence-electron chi connectivity index (χ1n) is 5.68. The average Bonchev–Trinajstić information content (AvgIpc) is 2.82. The van der Waals surface area contributed by atoms with E-state index in [1.807, 2.05) is 0 Å². The Labute approximate surface area is 134 Å². The molecule has 0 radical (unpaired) electrons. The lowest BCUT2D eigenvalue weighted by Crippen LogP contribution is -2.26. The summed E-state index contributed by atoms with van der Waals surface area (Å²) >= 11 is 12.9. The van der Waals surface area contributed by atoms with E-state index in [0.29, 0.717) is 10.9 Å². The number of nitrogens with zero attached hydrogens (tertiary/aromatic N) is 3. The van der Waals surface area contributed by atoms with Crippen LogP contribution in [0.5, 0.6) is 0 Å². The van der Waals surface area contributed by atoms with Crippen molar-refractivity contribution < 1.29 is 9.72 Å². The molecule has 21 heavy (non-hydrogen) atoms. The Balaban J connectivity index is 2.27. The van der Waals surface area contributed by atoms with E-state index < -0.39 is 16.5 Å². The van der Waals surface area contributed by atoms with Gasteiger partial charge in [-0.05, 0) is 18.2 Å². The van der Waals surface area contributed by atoms with Crippen molar-refractivity contribution in [2.75, 3.05) is 7.05 Å². The molecular weight excluding hydrogens is 337 g/mol. The molecule has 9 heteroatoms. The summed E-state index contributed by atoms with van der Waals surface area (Å²) in [5.74, 6) is -0.504. The number of hydrogen-bond donors (Lipinski definition) is 0. The molecule has 2 aromatic rings. The predicted octanol–water partition coefficient (Wildman–Crippen LogP) is 3.63. The number of rotatable bonds is 4. The number of halogens is 2. The summed E-state index contributed by atoms with van der Waals surface area (Å²) in [6, 6.07) is 4.81. The Morgan fingerprint density at radius 2 is 2.14 bits per heavy atom. The summed E-state index contributed by atoms with van der Waals surface area (Å²) in [4.78, 5) is 28.5. The zero-order valence-corrected chi connectivity index (χ0v) is 13.1. The van der Waals surface area contributed by atoms with E-state index in [1.165, 1.54) is 28.5 Å². The molecule has 0 unspecified atom stereocenters. The molecular formula is C12H9Cl2N3O3S. The van der Waals surface area contributed by atoms with Crippen LogP contribution in [0.3, 0.4) is 0 Å². The average molecular weight is 346 g/mol. The number of amides is 1. The van der Waals surface area contributed by atoms with E-state index in [2.05, 4.69) is 4.98 Å². The summed E-state index contributed by atoms with van der Waals surface area (Å²) in [5.41, 5.74) is -0.578. The summed E-state index contributed by atoms with van der Waals surface area (Å²) in [5, 5.41) is 10.7. The van der Waals surface area contributed by atoms with Crippen LogP contribution in [0, 0.1) is 10.1 Å². The minimum atomic E-state index is -0.710. The van der Waals surface area contributed by atoms with Crippen molar-refractivity contribution >= 4 is 46.1 Å². The quantitative estimate of drug-likeness (QED) is 0.481. The van der Waals surface area contributed by atoms with E-state index in [9.17, 15) is 14.9 Å². The number of hydrogen-bond acceptors (Lipinski definition) is 5. The molecule has 0 aliphatic carbocycles. The fourth-order valence-corrected chi connectivity index (χ4v) is 3.09. The zero-order chi connectivity index (χ0) is 15.6. The fraction of sp³-hybridized carbons (Fsp3) is 0.167. The lowest BCUT2D eigenvalue weighted by atomic mass is 10.2. The van der Waals surface area contributed by atoms with Gasteiger partial charge in [-0.3, -0.25) is 14.9 Å². The second-order valence-electron chi connectivity index (χ2n) is 4.12. The molecule has 2 rings (SSSR count). The summed E-state index contributed by atoms with van der Waals surface area (Å²) in [6.07, 6.45) is 1.26. The number of aromatic nitrogens is 1. The number of pyridine rings is 1. The van der Waals surface area contributed by atoms with Gasteiger partial charge in [0.2, 0.25) is 5.15 Å². The van der Waals surface area contributed by atoms with Crippen LogP contribution in [-0.2, 0) is 6.54 Å². The molecule has 0 spiro atoms. The first-order valence-corrected chi connectivity index (χ1v) is 7.26. The number of thiophene rings is 1. The van der Waals surface area contributed by atoms with E-state index in [-0.39, 0.29) is 10.7 Å². The second-order valence-corrected chi connectivity index (χ2v) is 6.28. The molecule has 110 valence electrons. The van der Waals surface area contributed by atoms with Crippen LogP contribution in [0.4, 0.5) is 5.69 Å². The number of carbonyl (C=O) groups excluding carboxylic acids is 1. The maximum Gasteiger partial charge on any atom is 0.319 e. The van der Waals surface area contributed by atoms with Crippen LogP contribution in [0.2, 0.25) is 9.49 Å². The van der Waals surface area contributed by atoms with Gasteiger partial charge in [0, 0.05) is 18.1 Å². The monoisotopic (exact) mass is 345 g/mol. The lowest BCUT2D eigenvalue weighted by Gasteiger charge is -2.16. The topological polar surface area (TPSA) is 76.3 Å². The Kier molecular flexibility index (Phi) is 4.76. The van der Waals surface area contributed by atoms with Gasteiger partial charge in [0.1, 0.15) is 5.56 Å². The Bertz CT molecular complexity index is 705. The van der Waals surface area contributed by atoms with Crippen molar-refractivity contribution in [3.63, 3.8) is 0 Å². The van der Waals surface area contributed by atoms with E-state index >= 15 is 0 Å². The Morgan fingerprint density at radius 1 is 1.43 bits per heavy atom. The first kappa shape index (κ1) is 15.7. The van der Waals surface area contributed by atoms with Gasteiger partial charge in [-0.15, -0.1) is 11.3 Å². The predicted molar refractivity (Wildman–Crippen MR) is 81.0 cm³/mol. The van der Waals surface area contributed by atoms with Gasteiger partial charge in [-0.25, -0.2) is 4.98 Å². The van der Waals surface area contributed by atoms with Crippen LogP contribution in [-0.4, -0.2) is 27.8 Å². The minimum absolute atomic E-state index is 0.0925. The van der Waals surface area contributed by atoms with Crippen molar-refractivity contribution in [2.45, 2.75) is 6.54 Å². The van der Waals surface area contributed by atoms with Gasteiger partial charge in [0.05, 0.1) is 15.8 Å². The summed E-state index contributed by atoms with van der Waals surface area (Å²) < 4.78 is 0.615. The molecule has 0 atom stereocenters. The first-order chi connectivity index (χ1) is 9.90. The highest BCUT2D eigenvalue weighted by Crippen LogP contribution is 2.28. The van der Waals surface area contributed by atoms with Crippen molar-refractivity contribution in [1.82, 2.24) is 9.88 Å². The molecule has 2 heterocycles. The third-order valence-corrected chi connectivity index (χ3v) is 4.15. The molecule has 6 nitrogen and oxygen atoms in total. The van der Waals surface area contributed by atoms with Gasteiger partial charge >= 0.3 is 5.69 Å². The third-order valence-electron chi connectivity index (χ3n) is 2.66. The highest BCUT2D eigenvalue weighted by Gasteiger charge is 2.27. The van der Waals surface area contributed by atoms with Crippen LogP contribution in [0.15, 0.2) is 24.4 Å². The molecule has 0 bridgehead atoms. The summed E-state index contributed by atoms with van der Waals surface area (Å²) in [7, 11) is 1.55. The van der Waals surface area contributed by atoms with Gasteiger partial charge in [0.15, 0.2) is 0 Å². The maximum atomic E-state index is 12.3. The van der Waals surface area contributed by atoms with Crippen molar-refractivity contribution in [3.8, 4) is 0 Å². The zero-order valence-electron chi connectivity index (χ0n) is 10.7. The molecule has 0 saturated heterocycles. The summed E-state index contributed by atoms with van der Waals surface area (Å²) in [6.45, 7) is 0.299.